The maximum Gasteiger partial charge on any atom is 0.305 e. The van der Waals surface area contributed by atoms with Crippen LogP contribution in [0.25, 0.3) is 0 Å². The number of benzene rings is 1. The summed E-state index contributed by atoms with van der Waals surface area (Å²) in [5, 5.41) is 2.90. The van der Waals surface area contributed by atoms with Crippen LogP contribution in [-0.2, 0) is 6.61 Å². The molecule has 3 rings (SSSR count). The van der Waals surface area contributed by atoms with Gasteiger partial charge in [0, 0.05) is 10.9 Å². The van der Waals surface area contributed by atoms with Gasteiger partial charge in [0.1, 0.15) is 12.4 Å². The summed E-state index contributed by atoms with van der Waals surface area (Å²) in [7, 11) is 0. The third-order valence-electron chi connectivity index (χ3n) is 3.18. The second-order valence-electron chi connectivity index (χ2n) is 5.06. The highest BCUT2D eigenvalue weighted by molar-refractivity contribution is 7.09. The zero-order valence-corrected chi connectivity index (χ0v) is 14.1. The highest BCUT2D eigenvalue weighted by atomic mass is 32.1. The van der Waals surface area contributed by atoms with Crippen molar-refractivity contribution in [3.8, 4) is 5.75 Å². The van der Waals surface area contributed by atoms with Crippen LogP contribution >= 0.6 is 11.3 Å². The van der Waals surface area contributed by atoms with Crippen LogP contribution < -0.4 is 15.6 Å². The third-order valence-corrected chi connectivity index (χ3v) is 4.01. The molecule has 7 nitrogen and oxygen atoms in total. The van der Waals surface area contributed by atoms with E-state index in [-0.39, 0.29) is 5.76 Å². The lowest BCUT2D eigenvalue weighted by Crippen LogP contribution is -2.41. The van der Waals surface area contributed by atoms with E-state index in [9.17, 15) is 9.59 Å². The molecule has 0 aliphatic rings. The predicted octanol–water partition coefficient (Wildman–Crippen LogP) is 2.70. The highest BCUT2D eigenvalue weighted by Gasteiger charge is 2.11. The molecule has 8 heteroatoms. The van der Waals surface area contributed by atoms with E-state index >= 15 is 0 Å². The Bertz CT molecular complexity index is 874. The minimum atomic E-state index is -0.537. The molecule has 0 fully saturated rings. The number of aryl methyl sites for hydroxylation is 1. The van der Waals surface area contributed by atoms with Crippen molar-refractivity contribution in [2.75, 3.05) is 0 Å². The van der Waals surface area contributed by atoms with Gasteiger partial charge in [-0.2, -0.15) is 0 Å². The molecule has 3 aromatic rings. The average molecular weight is 357 g/mol. The molecule has 2 N–H and O–H groups in total. The molecule has 2 aromatic heterocycles. The van der Waals surface area contributed by atoms with Crippen LogP contribution in [-0.4, -0.2) is 16.8 Å². The Morgan fingerprint density at radius 1 is 1.20 bits per heavy atom. The number of nitrogens with zero attached hydrogens (tertiary/aromatic N) is 1. The Labute approximate surface area is 147 Å². The lowest BCUT2D eigenvalue weighted by Gasteiger charge is -2.08. The van der Waals surface area contributed by atoms with Gasteiger partial charge >= 0.3 is 5.91 Å². The molecule has 0 radical (unpaired) electrons. The number of nitrogens with one attached hydrogen (secondary N) is 2. The molecule has 0 aliphatic heterocycles. The summed E-state index contributed by atoms with van der Waals surface area (Å²) in [4.78, 5) is 28.2. The van der Waals surface area contributed by atoms with Gasteiger partial charge in [-0.05, 0) is 37.3 Å². The van der Waals surface area contributed by atoms with Gasteiger partial charge in [0.2, 0.25) is 0 Å². The number of carbonyl (C=O) groups excluding carboxylic acids is 2. The van der Waals surface area contributed by atoms with Crippen LogP contribution in [0, 0.1) is 6.92 Å². The van der Waals surface area contributed by atoms with Crippen molar-refractivity contribution in [2.24, 2.45) is 0 Å². The van der Waals surface area contributed by atoms with Crippen LogP contribution in [0.3, 0.4) is 0 Å². The van der Waals surface area contributed by atoms with Gasteiger partial charge in [0.15, 0.2) is 5.76 Å². The third kappa shape index (κ3) is 4.45. The average Bonchev–Trinajstić information content (AvgIpc) is 3.29. The lowest BCUT2D eigenvalue weighted by molar-refractivity contribution is 0.0830. The van der Waals surface area contributed by atoms with E-state index < -0.39 is 11.8 Å². The van der Waals surface area contributed by atoms with Crippen molar-refractivity contribution in [1.82, 2.24) is 15.8 Å². The van der Waals surface area contributed by atoms with Gasteiger partial charge in [-0.25, -0.2) is 4.98 Å². The molecule has 2 amide bonds. The van der Waals surface area contributed by atoms with Crippen molar-refractivity contribution in [3.63, 3.8) is 0 Å². The number of thiazole rings is 1. The van der Waals surface area contributed by atoms with Crippen molar-refractivity contribution in [1.29, 1.82) is 0 Å². The van der Waals surface area contributed by atoms with E-state index in [1.54, 1.807) is 41.7 Å². The summed E-state index contributed by atoms with van der Waals surface area (Å²) in [5.74, 6) is -0.355. The molecule has 0 saturated heterocycles. The number of amides is 2. The maximum atomic E-state index is 12.1. The number of furan rings is 1. The van der Waals surface area contributed by atoms with Crippen molar-refractivity contribution in [2.45, 2.75) is 13.5 Å². The summed E-state index contributed by atoms with van der Waals surface area (Å²) in [6.45, 7) is 2.25. The Kier molecular flexibility index (Phi) is 5.10. The predicted molar refractivity (Wildman–Crippen MR) is 91.3 cm³/mol. The van der Waals surface area contributed by atoms with Crippen LogP contribution in [0.15, 0.2) is 52.5 Å². The standard InChI is InChI=1S/C17H15N3O4S/c1-11-18-13(10-25-11)9-24-14-5-2-4-12(8-14)16(21)19-20-17(22)15-6-3-7-23-15/h2-8,10H,9H2,1H3,(H,19,21)(H,20,22). The first-order chi connectivity index (χ1) is 12.1. The second kappa shape index (κ2) is 7.63. The van der Waals surface area contributed by atoms with Gasteiger partial charge in [-0.1, -0.05) is 6.07 Å². The number of ether oxygens (including phenoxy) is 1. The molecule has 128 valence electrons. The van der Waals surface area contributed by atoms with E-state index in [4.69, 9.17) is 9.15 Å². The Morgan fingerprint density at radius 2 is 2.04 bits per heavy atom. The van der Waals surface area contributed by atoms with E-state index in [2.05, 4.69) is 15.8 Å². The number of rotatable bonds is 5. The van der Waals surface area contributed by atoms with Gasteiger partial charge < -0.3 is 9.15 Å². The van der Waals surface area contributed by atoms with E-state index in [1.165, 1.54) is 12.3 Å². The maximum absolute atomic E-state index is 12.1. The molecular weight excluding hydrogens is 342 g/mol. The van der Waals surface area contributed by atoms with Crippen LogP contribution in [0.1, 0.15) is 31.6 Å². The van der Waals surface area contributed by atoms with Gasteiger partial charge in [0.05, 0.1) is 17.0 Å². The Hall–Kier alpha value is -3.13. The first-order valence-corrected chi connectivity index (χ1v) is 8.28. The normalized spacial score (nSPS) is 10.3. The second-order valence-corrected chi connectivity index (χ2v) is 6.12. The molecule has 0 aliphatic carbocycles. The van der Waals surface area contributed by atoms with Crippen LogP contribution in [0.5, 0.6) is 5.75 Å². The molecule has 0 atom stereocenters. The monoisotopic (exact) mass is 357 g/mol. The molecule has 1 aromatic carbocycles. The van der Waals surface area contributed by atoms with Gasteiger partial charge in [-0.15, -0.1) is 11.3 Å². The van der Waals surface area contributed by atoms with Gasteiger partial charge in [0.25, 0.3) is 5.91 Å². The van der Waals surface area contributed by atoms with Crippen molar-refractivity contribution < 1.29 is 18.7 Å². The lowest BCUT2D eigenvalue weighted by atomic mass is 10.2. The fourth-order valence-corrected chi connectivity index (χ4v) is 2.61. The molecule has 25 heavy (non-hydrogen) atoms. The van der Waals surface area contributed by atoms with Crippen LogP contribution in [0.4, 0.5) is 0 Å². The van der Waals surface area contributed by atoms with E-state index in [0.29, 0.717) is 17.9 Å². The number of hydrogen-bond acceptors (Lipinski definition) is 6. The quantitative estimate of drug-likeness (QED) is 0.685. The number of hydrazine groups is 1. The van der Waals surface area contributed by atoms with Crippen LogP contribution in [0.2, 0.25) is 0 Å². The summed E-state index contributed by atoms with van der Waals surface area (Å²) in [6, 6.07) is 9.74. The number of hydrogen-bond donors (Lipinski definition) is 2. The van der Waals surface area contributed by atoms with Crippen molar-refractivity contribution >= 4 is 23.2 Å². The number of aromatic nitrogens is 1. The SMILES string of the molecule is Cc1nc(COc2cccc(C(=O)NNC(=O)c3ccco3)c2)cs1. The summed E-state index contributed by atoms with van der Waals surface area (Å²) < 4.78 is 10.6. The molecule has 0 saturated carbocycles. The zero-order valence-electron chi connectivity index (χ0n) is 13.3. The van der Waals surface area contributed by atoms with E-state index in [1.807, 2.05) is 12.3 Å². The first-order valence-electron chi connectivity index (χ1n) is 7.40. The Balaban J connectivity index is 1.56. The summed E-state index contributed by atoms with van der Waals surface area (Å²) in [6.07, 6.45) is 1.38. The van der Waals surface area contributed by atoms with Crippen molar-refractivity contribution in [3.05, 3.63) is 70.1 Å². The topological polar surface area (TPSA) is 93.5 Å². The molecule has 0 bridgehead atoms. The number of carbonyl (C=O) groups is 2. The molecular formula is C17H15N3O4S. The fourth-order valence-electron chi connectivity index (χ4n) is 2.01. The first kappa shape index (κ1) is 16.7. The summed E-state index contributed by atoms with van der Waals surface area (Å²) in [5.41, 5.74) is 5.80. The molecule has 2 heterocycles. The highest BCUT2D eigenvalue weighted by Crippen LogP contribution is 2.16. The molecule has 0 spiro atoms. The largest absolute Gasteiger partial charge is 0.487 e. The molecule has 0 unspecified atom stereocenters. The van der Waals surface area contributed by atoms with E-state index in [0.717, 1.165) is 10.7 Å². The zero-order chi connectivity index (χ0) is 17.6. The van der Waals surface area contributed by atoms with Gasteiger partial charge in [-0.3, -0.25) is 20.4 Å². The minimum absolute atomic E-state index is 0.107. The smallest absolute Gasteiger partial charge is 0.305 e. The Morgan fingerprint density at radius 3 is 2.76 bits per heavy atom. The minimum Gasteiger partial charge on any atom is -0.487 e. The summed E-state index contributed by atoms with van der Waals surface area (Å²) >= 11 is 1.55. The fraction of sp³-hybridized carbons (Fsp3) is 0.118.